The first-order chi connectivity index (χ1) is 6.36. The van der Waals surface area contributed by atoms with Gasteiger partial charge in [0.25, 0.3) is 0 Å². The van der Waals surface area contributed by atoms with Gasteiger partial charge in [0.1, 0.15) is 0 Å². The number of aliphatic hydroxyl groups excluding tert-OH is 1. The lowest BCUT2D eigenvalue weighted by Crippen LogP contribution is -2.46. The molecular formula is C10H19N2O. The molecule has 0 bridgehead atoms. The van der Waals surface area contributed by atoms with Crippen molar-refractivity contribution in [3.05, 3.63) is 0 Å². The fourth-order valence-electron chi connectivity index (χ4n) is 2.35. The zero-order valence-electron chi connectivity index (χ0n) is 8.15. The molecule has 2 rings (SSSR count). The molecule has 0 atom stereocenters. The minimum Gasteiger partial charge on any atom is -0.393 e. The van der Waals surface area contributed by atoms with E-state index < -0.39 is 0 Å². The van der Waals surface area contributed by atoms with Crippen LogP contribution in [-0.4, -0.2) is 48.3 Å². The summed E-state index contributed by atoms with van der Waals surface area (Å²) in [7, 11) is 0. The number of piperidine rings is 2. The zero-order valence-corrected chi connectivity index (χ0v) is 8.15. The molecule has 0 aliphatic carbocycles. The number of hydrogen-bond donors (Lipinski definition) is 1. The molecule has 0 aromatic carbocycles. The van der Waals surface area contributed by atoms with Crippen LogP contribution in [0, 0.1) is 0 Å². The van der Waals surface area contributed by atoms with Crippen molar-refractivity contribution in [2.75, 3.05) is 26.2 Å². The minimum atomic E-state index is -0.0375. The maximum Gasteiger partial charge on any atom is 0.0564 e. The molecule has 2 fully saturated rings. The lowest BCUT2D eigenvalue weighted by Gasteiger charge is -2.37. The van der Waals surface area contributed by atoms with Gasteiger partial charge in [0, 0.05) is 32.2 Å². The van der Waals surface area contributed by atoms with Crippen molar-refractivity contribution >= 4 is 0 Å². The van der Waals surface area contributed by atoms with Gasteiger partial charge in [-0.05, 0) is 25.7 Å². The fraction of sp³-hybridized carbons (Fsp3) is 1.00. The Morgan fingerprint density at radius 2 is 1.62 bits per heavy atom. The number of hydrogen-bond acceptors (Lipinski definition) is 2. The van der Waals surface area contributed by atoms with Crippen LogP contribution in [0.4, 0.5) is 0 Å². The largest absolute Gasteiger partial charge is 0.393 e. The molecule has 0 saturated carbocycles. The van der Waals surface area contributed by atoms with E-state index in [0.717, 1.165) is 45.1 Å². The molecule has 0 unspecified atom stereocenters. The molecule has 0 aromatic heterocycles. The normalized spacial score (nSPS) is 29.3. The Kier molecular flexibility index (Phi) is 3.19. The van der Waals surface area contributed by atoms with Crippen LogP contribution in [-0.2, 0) is 0 Å². The van der Waals surface area contributed by atoms with Gasteiger partial charge < -0.3 is 10.0 Å². The van der Waals surface area contributed by atoms with Crippen LogP contribution in [0.25, 0.3) is 0 Å². The molecule has 13 heavy (non-hydrogen) atoms. The molecular weight excluding hydrogens is 164 g/mol. The van der Waals surface area contributed by atoms with Crippen molar-refractivity contribution in [3.63, 3.8) is 0 Å². The predicted molar refractivity (Wildman–Crippen MR) is 51.7 cm³/mol. The van der Waals surface area contributed by atoms with Gasteiger partial charge in [0.2, 0.25) is 0 Å². The van der Waals surface area contributed by atoms with Crippen molar-refractivity contribution in [2.45, 2.75) is 37.8 Å². The van der Waals surface area contributed by atoms with Gasteiger partial charge in [-0.25, -0.2) is 5.32 Å². The first kappa shape index (κ1) is 9.44. The van der Waals surface area contributed by atoms with E-state index in [4.69, 9.17) is 0 Å². The van der Waals surface area contributed by atoms with E-state index in [1.807, 2.05) is 0 Å². The lowest BCUT2D eigenvalue weighted by molar-refractivity contribution is 0.0522. The SMILES string of the molecule is OC1CCN(C2CC[N]CC2)CC1. The quantitative estimate of drug-likeness (QED) is 0.631. The molecule has 2 heterocycles. The van der Waals surface area contributed by atoms with E-state index in [9.17, 15) is 5.11 Å². The summed E-state index contributed by atoms with van der Waals surface area (Å²) in [5.74, 6) is 0. The Morgan fingerprint density at radius 1 is 1.00 bits per heavy atom. The zero-order chi connectivity index (χ0) is 9.10. The van der Waals surface area contributed by atoms with Crippen molar-refractivity contribution in [1.82, 2.24) is 10.2 Å². The number of likely N-dealkylation sites (tertiary alicyclic amines) is 1. The van der Waals surface area contributed by atoms with Gasteiger partial charge in [-0.3, -0.25) is 0 Å². The van der Waals surface area contributed by atoms with Gasteiger partial charge in [0.05, 0.1) is 6.10 Å². The molecule has 3 nitrogen and oxygen atoms in total. The third-order valence-corrected chi connectivity index (χ3v) is 3.26. The third-order valence-electron chi connectivity index (χ3n) is 3.26. The van der Waals surface area contributed by atoms with Gasteiger partial charge in [-0.1, -0.05) is 0 Å². The van der Waals surface area contributed by atoms with Gasteiger partial charge >= 0.3 is 0 Å². The fourth-order valence-corrected chi connectivity index (χ4v) is 2.35. The van der Waals surface area contributed by atoms with Gasteiger partial charge in [-0.15, -0.1) is 0 Å². The van der Waals surface area contributed by atoms with Crippen molar-refractivity contribution < 1.29 is 5.11 Å². The Morgan fingerprint density at radius 3 is 2.23 bits per heavy atom. The Bertz CT molecular complexity index is 149. The molecule has 1 radical (unpaired) electrons. The summed E-state index contributed by atoms with van der Waals surface area (Å²) in [5, 5.41) is 13.7. The third kappa shape index (κ3) is 2.42. The van der Waals surface area contributed by atoms with Gasteiger partial charge in [0.15, 0.2) is 0 Å². The summed E-state index contributed by atoms with van der Waals surface area (Å²) in [5.41, 5.74) is 0. The van der Waals surface area contributed by atoms with E-state index in [1.165, 1.54) is 12.8 Å². The van der Waals surface area contributed by atoms with Crippen LogP contribution in [0.2, 0.25) is 0 Å². The number of rotatable bonds is 1. The Labute approximate surface area is 80.1 Å². The Balaban J connectivity index is 1.79. The van der Waals surface area contributed by atoms with E-state index in [1.54, 1.807) is 0 Å². The summed E-state index contributed by atoms with van der Waals surface area (Å²) in [6.45, 7) is 4.27. The Hall–Kier alpha value is -0.120. The second kappa shape index (κ2) is 4.40. The van der Waals surface area contributed by atoms with Crippen LogP contribution in [0.15, 0.2) is 0 Å². The number of aliphatic hydroxyl groups is 1. The number of nitrogens with zero attached hydrogens (tertiary/aromatic N) is 2. The smallest absolute Gasteiger partial charge is 0.0564 e. The van der Waals surface area contributed by atoms with E-state index in [2.05, 4.69) is 10.2 Å². The standard InChI is InChI=1S/C10H19N2O/c13-10-3-7-12(8-4-10)9-1-5-11-6-2-9/h9-10,13H,1-8H2. The van der Waals surface area contributed by atoms with E-state index >= 15 is 0 Å². The molecule has 2 aliphatic heterocycles. The second-order valence-corrected chi connectivity index (χ2v) is 4.17. The summed E-state index contributed by atoms with van der Waals surface area (Å²) >= 11 is 0. The van der Waals surface area contributed by atoms with Crippen molar-refractivity contribution in [2.24, 2.45) is 0 Å². The average Bonchev–Trinajstić information content (AvgIpc) is 2.20. The summed E-state index contributed by atoms with van der Waals surface area (Å²) < 4.78 is 0. The first-order valence-electron chi connectivity index (χ1n) is 5.41. The first-order valence-corrected chi connectivity index (χ1v) is 5.41. The summed E-state index contributed by atoms with van der Waals surface area (Å²) in [6, 6.07) is 0.755. The second-order valence-electron chi connectivity index (χ2n) is 4.17. The topological polar surface area (TPSA) is 37.6 Å². The monoisotopic (exact) mass is 183 g/mol. The highest BCUT2D eigenvalue weighted by Crippen LogP contribution is 2.18. The van der Waals surface area contributed by atoms with Gasteiger partial charge in [-0.2, -0.15) is 0 Å². The average molecular weight is 183 g/mol. The van der Waals surface area contributed by atoms with Crippen LogP contribution >= 0.6 is 0 Å². The molecule has 75 valence electrons. The molecule has 3 heteroatoms. The van der Waals surface area contributed by atoms with Crippen molar-refractivity contribution in [1.29, 1.82) is 0 Å². The summed E-state index contributed by atoms with van der Waals surface area (Å²) in [4.78, 5) is 2.54. The highest BCUT2D eigenvalue weighted by Gasteiger charge is 2.25. The predicted octanol–water partition coefficient (Wildman–Crippen LogP) is 0.210. The minimum absolute atomic E-state index is 0.0375. The van der Waals surface area contributed by atoms with Crippen LogP contribution < -0.4 is 5.32 Å². The highest BCUT2D eigenvalue weighted by molar-refractivity contribution is 4.81. The van der Waals surface area contributed by atoms with Crippen molar-refractivity contribution in [3.8, 4) is 0 Å². The molecule has 2 aliphatic rings. The maximum atomic E-state index is 9.38. The van der Waals surface area contributed by atoms with E-state index in [0.29, 0.717) is 0 Å². The van der Waals surface area contributed by atoms with Crippen LogP contribution in [0.3, 0.4) is 0 Å². The highest BCUT2D eigenvalue weighted by atomic mass is 16.3. The molecule has 0 aromatic rings. The van der Waals surface area contributed by atoms with E-state index in [-0.39, 0.29) is 6.10 Å². The molecule has 1 N–H and O–H groups in total. The lowest BCUT2D eigenvalue weighted by atomic mass is 10.00. The molecule has 0 spiro atoms. The van der Waals surface area contributed by atoms with Crippen LogP contribution in [0.1, 0.15) is 25.7 Å². The molecule has 2 saturated heterocycles. The summed E-state index contributed by atoms with van der Waals surface area (Å²) in [6.07, 6.45) is 4.36. The maximum absolute atomic E-state index is 9.38. The van der Waals surface area contributed by atoms with Crippen LogP contribution in [0.5, 0.6) is 0 Å². The molecule has 0 amide bonds.